The van der Waals surface area contributed by atoms with Gasteiger partial charge in [-0.2, -0.15) is 0 Å². The fourth-order valence-corrected chi connectivity index (χ4v) is 3.25. The van der Waals surface area contributed by atoms with Gasteiger partial charge in [0.15, 0.2) is 0 Å². The normalized spacial score (nSPS) is 18.5. The van der Waals surface area contributed by atoms with Crippen LogP contribution < -0.4 is 11.1 Å². The van der Waals surface area contributed by atoms with Crippen molar-refractivity contribution < 1.29 is 13.6 Å². The molecule has 3 nitrogen and oxygen atoms in total. The summed E-state index contributed by atoms with van der Waals surface area (Å²) in [7, 11) is 0. The van der Waals surface area contributed by atoms with Crippen molar-refractivity contribution in [3.8, 4) is 0 Å². The van der Waals surface area contributed by atoms with Gasteiger partial charge in [0, 0.05) is 17.5 Å². The minimum absolute atomic E-state index is 0.0183. The van der Waals surface area contributed by atoms with Gasteiger partial charge in [-0.1, -0.05) is 32.8 Å². The molecule has 0 saturated heterocycles. The third-order valence-corrected chi connectivity index (χ3v) is 4.68. The summed E-state index contributed by atoms with van der Waals surface area (Å²) in [5.41, 5.74) is 5.26. The summed E-state index contributed by atoms with van der Waals surface area (Å²) in [5.74, 6) is -1.32. The van der Waals surface area contributed by atoms with Crippen molar-refractivity contribution in [1.82, 2.24) is 5.32 Å². The lowest BCUT2D eigenvalue weighted by Crippen LogP contribution is -2.48. The van der Waals surface area contributed by atoms with E-state index in [-0.39, 0.29) is 23.9 Å². The first-order valence-electron chi connectivity index (χ1n) is 7.85. The predicted molar refractivity (Wildman–Crippen MR) is 82.3 cm³/mol. The zero-order chi connectivity index (χ0) is 16.3. The number of hydrogen-bond donors (Lipinski definition) is 2. The Morgan fingerprint density at radius 1 is 1.27 bits per heavy atom. The highest BCUT2D eigenvalue weighted by atomic mass is 19.1. The van der Waals surface area contributed by atoms with E-state index in [1.807, 2.05) is 13.8 Å². The van der Waals surface area contributed by atoms with Crippen LogP contribution in [0.5, 0.6) is 0 Å². The molecular formula is C17H24F2N2O. The maximum absolute atomic E-state index is 14.2. The Labute approximate surface area is 130 Å². The van der Waals surface area contributed by atoms with Crippen molar-refractivity contribution in [2.24, 2.45) is 11.7 Å². The highest BCUT2D eigenvalue weighted by Crippen LogP contribution is 2.42. The molecule has 1 saturated carbocycles. The third-order valence-electron chi connectivity index (χ3n) is 4.68. The van der Waals surface area contributed by atoms with Crippen LogP contribution in [-0.4, -0.2) is 18.5 Å². The number of nitrogens with one attached hydrogen (secondary N) is 1. The lowest BCUT2D eigenvalue weighted by Gasteiger charge is -2.31. The molecule has 5 heteroatoms. The lowest BCUT2D eigenvalue weighted by atomic mass is 9.78. The first-order valence-corrected chi connectivity index (χ1v) is 7.85. The molecule has 2 rings (SSSR count). The average Bonchev–Trinajstić information content (AvgIpc) is 2.93. The van der Waals surface area contributed by atoms with E-state index in [4.69, 9.17) is 5.73 Å². The summed E-state index contributed by atoms with van der Waals surface area (Å²) in [6.45, 7) is 3.96. The van der Waals surface area contributed by atoms with Crippen LogP contribution >= 0.6 is 0 Å². The number of carbonyl (C=O) groups excluding carboxylic acids is 1. The minimum atomic E-state index is -0.665. The average molecular weight is 310 g/mol. The first-order chi connectivity index (χ1) is 10.4. The SMILES string of the molecule is CC(C)[C@H](N)C(=O)NCC1(c2c(F)cccc2F)CCCC1. The van der Waals surface area contributed by atoms with Gasteiger partial charge in [0.05, 0.1) is 6.04 Å². The standard InChI is InChI=1S/C17H24F2N2O/c1-11(2)15(20)16(22)21-10-17(8-3-4-9-17)14-12(18)6-5-7-13(14)19/h5-7,11,15H,3-4,8-10,20H2,1-2H3,(H,21,22)/t15-/m0/s1. The number of hydrogen-bond acceptors (Lipinski definition) is 2. The van der Waals surface area contributed by atoms with Gasteiger partial charge >= 0.3 is 0 Å². The van der Waals surface area contributed by atoms with E-state index in [9.17, 15) is 13.6 Å². The molecule has 0 unspecified atom stereocenters. The van der Waals surface area contributed by atoms with Crippen LogP contribution in [0.3, 0.4) is 0 Å². The number of halogens is 2. The molecule has 3 N–H and O–H groups in total. The maximum atomic E-state index is 14.2. The fraction of sp³-hybridized carbons (Fsp3) is 0.588. The molecule has 1 atom stereocenters. The summed E-state index contributed by atoms with van der Waals surface area (Å²) in [6, 6.07) is 3.31. The van der Waals surface area contributed by atoms with Crippen LogP contribution in [0.25, 0.3) is 0 Å². The van der Waals surface area contributed by atoms with Gasteiger partial charge in [-0.3, -0.25) is 4.79 Å². The molecule has 1 aliphatic rings. The van der Waals surface area contributed by atoms with Gasteiger partial charge in [0.2, 0.25) is 5.91 Å². The maximum Gasteiger partial charge on any atom is 0.237 e. The number of amides is 1. The molecule has 0 radical (unpaired) electrons. The van der Waals surface area contributed by atoms with Crippen molar-refractivity contribution in [2.45, 2.75) is 51.0 Å². The second kappa shape index (κ2) is 6.73. The van der Waals surface area contributed by atoms with Gasteiger partial charge in [-0.15, -0.1) is 0 Å². The number of nitrogens with two attached hydrogens (primary N) is 1. The Balaban J connectivity index is 2.21. The quantitative estimate of drug-likeness (QED) is 0.878. The molecule has 0 bridgehead atoms. The largest absolute Gasteiger partial charge is 0.354 e. The monoisotopic (exact) mass is 310 g/mol. The highest BCUT2D eigenvalue weighted by Gasteiger charge is 2.40. The van der Waals surface area contributed by atoms with Crippen molar-refractivity contribution >= 4 is 5.91 Å². The van der Waals surface area contributed by atoms with Crippen molar-refractivity contribution in [1.29, 1.82) is 0 Å². The zero-order valence-corrected chi connectivity index (χ0v) is 13.2. The molecular weight excluding hydrogens is 286 g/mol. The van der Waals surface area contributed by atoms with Crippen molar-refractivity contribution in [3.05, 3.63) is 35.4 Å². The van der Waals surface area contributed by atoms with E-state index in [0.29, 0.717) is 12.8 Å². The van der Waals surface area contributed by atoms with Gasteiger partial charge in [-0.05, 0) is 30.9 Å². The van der Waals surface area contributed by atoms with Crippen molar-refractivity contribution in [3.63, 3.8) is 0 Å². The Hall–Kier alpha value is -1.49. The summed E-state index contributed by atoms with van der Waals surface area (Å²) in [5, 5.41) is 2.80. The van der Waals surface area contributed by atoms with E-state index in [2.05, 4.69) is 5.32 Å². The van der Waals surface area contributed by atoms with Gasteiger partial charge in [0.1, 0.15) is 11.6 Å². The molecule has 122 valence electrons. The lowest BCUT2D eigenvalue weighted by molar-refractivity contribution is -0.123. The Morgan fingerprint density at radius 3 is 2.32 bits per heavy atom. The number of rotatable bonds is 5. The summed E-state index contributed by atoms with van der Waals surface area (Å²) in [6.07, 6.45) is 3.14. The fourth-order valence-electron chi connectivity index (χ4n) is 3.25. The summed E-state index contributed by atoms with van der Waals surface area (Å²) < 4.78 is 28.4. The zero-order valence-electron chi connectivity index (χ0n) is 13.2. The van der Waals surface area contributed by atoms with E-state index in [1.54, 1.807) is 0 Å². The second-order valence-corrected chi connectivity index (χ2v) is 6.57. The smallest absolute Gasteiger partial charge is 0.237 e. The van der Waals surface area contributed by atoms with Crippen molar-refractivity contribution in [2.75, 3.05) is 6.54 Å². The van der Waals surface area contributed by atoms with E-state index >= 15 is 0 Å². The molecule has 1 aliphatic carbocycles. The summed E-state index contributed by atoms with van der Waals surface area (Å²) in [4.78, 5) is 12.1. The molecule has 1 fully saturated rings. The number of benzene rings is 1. The highest BCUT2D eigenvalue weighted by molar-refractivity contribution is 5.81. The van der Waals surface area contributed by atoms with Gasteiger partial charge in [0.25, 0.3) is 0 Å². The molecule has 0 aromatic heterocycles. The predicted octanol–water partition coefficient (Wildman–Crippen LogP) is 2.88. The molecule has 0 heterocycles. The molecule has 1 aromatic rings. The van der Waals surface area contributed by atoms with Gasteiger partial charge < -0.3 is 11.1 Å². The number of carbonyl (C=O) groups is 1. The third kappa shape index (κ3) is 3.29. The second-order valence-electron chi connectivity index (χ2n) is 6.57. The van der Waals surface area contributed by atoms with Crippen LogP contribution in [0.15, 0.2) is 18.2 Å². The van der Waals surface area contributed by atoms with Crippen LogP contribution in [0, 0.1) is 17.6 Å². The molecule has 1 aromatic carbocycles. The first kappa shape index (κ1) is 16.9. The van der Waals surface area contributed by atoms with E-state index in [1.165, 1.54) is 18.2 Å². The van der Waals surface area contributed by atoms with Gasteiger partial charge in [-0.25, -0.2) is 8.78 Å². The molecule has 1 amide bonds. The van der Waals surface area contributed by atoms with Crippen LogP contribution in [0.2, 0.25) is 0 Å². The Morgan fingerprint density at radius 2 is 1.82 bits per heavy atom. The Bertz CT molecular complexity index is 519. The Kier molecular flexibility index (Phi) is 5.16. The van der Waals surface area contributed by atoms with Crippen LogP contribution in [0.1, 0.15) is 45.1 Å². The van der Waals surface area contributed by atoms with Crippen LogP contribution in [-0.2, 0) is 10.2 Å². The van der Waals surface area contributed by atoms with E-state index < -0.39 is 23.1 Å². The molecule has 22 heavy (non-hydrogen) atoms. The molecule has 0 spiro atoms. The topological polar surface area (TPSA) is 55.1 Å². The molecule has 0 aliphatic heterocycles. The summed E-state index contributed by atoms with van der Waals surface area (Å²) >= 11 is 0. The van der Waals surface area contributed by atoms with E-state index in [0.717, 1.165) is 12.8 Å². The minimum Gasteiger partial charge on any atom is -0.354 e. The van der Waals surface area contributed by atoms with Crippen LogP contribution in [0.4, 0.5) is 8.78 Å².